The van der Waals surface area contributed by atoms with Crippen LogP contribution in [-0.4, -0.2) is 16.3 Å². The molecule has 4 heteroatoms. The van der Waals surface area contributed by atoms with E-state index in [2.05, 4.69) is 28.7 Å². The molecule has 106 valence electrons. The molecule has 0 bridgehead atoms. The molecule has 0 aliphatic heterocycles. The van der Waals surface area contributed by atoms with Crippen LogP contribution in [0, 0.1) is 6.92 Å². The predicted molar refractivity (Wildman–Crippen MR) is 89.7 cm³/mol. The van der Waals surface area contributed by atoms with Crippen LogP contribution < -0.4 is 5.32 Å². The summed E-state index contributed by atoms with van der Waals surface area (Å²) in [5.41, 5.74) is 3.82. The first-order valence-corrected chi connectivity index (χ1v) is 7.88. The van der Waals surface area contributed by atoms with Crippen molar-refractivity contribution >= 4 is 34.0 Å². The van der Waals surface area contributed by atoms with Gasteiger partial charge >= 0.3 is 0 Å². The number of aromatic nitrogens is 1. The first-order chi connectivity index (χ1) is 10.2. The Balaban J connectivity index is 2.07. The lowest BCUT2D eigenvalue weighted by Crippen LogP contribution is -1.93. The van der Waals surface area contributed by atoms with Gasteiger partial charge in [-0.25, -0.2) is 0 Å². The number of rotatable bonds is 3. The van der Waals surface area contributed by atoms with E-state index in [0.29, 0.717) is 0 Å². The van der Waals surface area contributed by atoms with Crippen molar-refractivity contribution in [1.82, 2.24) is 4.98 Å². The molecule has 3 nitrogen and oxygen atoms in total. The Morgan fingerprint density at radius 1 is 1.10 bits per heavy atom. The van der Waals surface area contributed by atoms with E-state index in [-0.39, 0.29) is 5.75 Å². The first kappa shape index (κ1) is 13.8. The van der Waals surface area contributed by atoms with Crippen molar-refractivity contribution in [2.45, 2.75) is 11.8 Å². The van der Waals surface area contributed by atoms with Gasteiger partial charge in [0.2, 0.25) is 0 Å². The molecule has 0 saturated heterocycles. The highest BCUT2D eigenvalue weighted by atomic mass is 32.2. The van der Waals surface area contributed by atoms with Crippen molar-refractivity contribution in [3.63, 3.8) is 0 Å². The molecule has 2 aromatic carbocycles. The van der Waals surface area contributed by atoms with E-state index in [4.69, 9.17) is 0 Å². The molecule has 0 atom stereocenters. The highest BCUT2D eigenvalue weighted by molar-refractivity contribution is 7.98. The third-order valence-electron chi connectivity index (χ3n) is 3.29. The molecule has 0 amide bonds. The normalized spacial score (nSPS) is 10.8. The fourth-order valence-corrected chi connectivity index (χ4v) is 2.79. The monoisotopic (exact) mass is 296 g/mol. The number of fused-ring (bicyclic) bond motifs is 1. The number of aromatic hydroxyl groups is 1. The van der Waals surface area contributed by atoms with Crippen molar-refractivity contribution in [2.75, 3.05) is 11.6 Å². The minimum absolute atomic E-state index is 0.265. The zero-order valence-electron chi connectivity index (χ0n) is 11.9. The van der Waals surface area contributed by atoms with Gasteiger partial charge in [0.25, 0.3) is 0 Å². The van der Waals surface area contributed by atoms with Gasteiger partial charge in [0.05, 0.1) is 5.52 Å². The first-order valence-electron chi connectivity index (χ1n) is 6.66. The summed E-state index contributed by atoms with van der Waals surface area (Å²) < 4.78 is 0. The second-order valence-corrected chi connectivity index (χ2v) is 5.80. The summed E-state index contributed by atoms with van der Waals surface area (Å²) in [6.45, 7) is 1.96. The van der Waals surface area contributed by atoms with Crippen LogP contribution in [0.3, 0.4) is 0 Å². The molecule has 0 radical (unpaired) electrons. The van der Waals surface area contributed by atoms with Crippen molar-refractivity contribution in [3.05, 3.63) is 54.2 Å². The topological polar surface area (TPSA) is 45.2 Å². The SMILES string of the molecule is CSc1ccc2nccc(Nc3cc(C)cc(O)c3)c2c1. The summed E-state index contributed by atoms with van der Waals surface area (Å²) in [6.07, 6.45) is 3.85. The summed E-state index contributed by atoms with van der Waals surface area (Å²) in [6, 6.07) is 13.6. The number of hydrogen-bond donors (Lipinski definition) is 2. The Labute approximate surface area is 128 Å². The van der Waals surface area contributed by atoms with E-state index in [1.54, 1.807) is 30.1 Å². The van der Waals surface area contributed by atoms with Gasteiger partial charge in [0.15, 0.2) is 0 Å². The van der Waals surface area contributed by atoms with Crippen molar-refractivity contribution < 1.29 is 5.11 Å². The van der Waals surface area contributed by atoms with Gasteiger partial charge in [-0.1, -0.05) is 0 Å². The van der Waals surface area contributed by atoms with E-state index in [0.717, 1.165) is 27.8 Å². The maximum absolute atomic E-state index is 9.71. The van der Waals surface area contributed by atoms with Crippen LogP contribution >= 0.6 is 11.8 Å². The summed E-state index contributed by atoms with van der Waals surface area (Å²) in [5.74, 6) is 0.265. The number of phenols is 1. The second-order valence-electron chi connectivity index (χ2n) is 4.92. The molecule has 0 fully saturated rings. The van der Waals surface area contributed by atoms with E-state index >= 15 is 0 Å². The minimum atomic E-state index is 0.265. The molecular formula is C17H16N2OS. The number of pyridine rings is 1. The molecule has 0 saturated carbocycles. The highest BCUT2D eigenvalue weighted by Crippen LogP contribution is 2.30. The van der Waals surface area contributed by atoms with Crippen LogP contribution in [0.4, 0.5) is 11.4 Å². The third kappa shape index (κ3) is 2.95. The van der Waals surface area contributed by atoms with Gasteiger partial charge in [0.1, 0.15) is 5.75 Å². The second kappa shape index (κ2) is 5.66. The lowest BCUT2D eigenvalue weighted by atomic mass is 10.1. The predicted octanol–water partition coefficient (Wildman–Crippen LogP) is 4.71. The zero-order chi connectivity index (χ0) is 14.8. The molecule has 3 rings (SSSR count). The van der Waals surface area contributed by atoms with Gasteiger partial charge in [-0.3, -0.25) is 4.98 Å². The Kier molecular flexibility index (Phi) is 3.71. The number of nitrogens with one attached hydrogen (secondary N) is 1. The number of benzene rings is 2. The van der Waals surface area contributed by atoms with Gasteiger partial charge in [0, 0.05) is 33.9 Å². The van der Waals surface area contributed by atoms with Crippen LogP contribution in [-0.2, 0) is 0 Å². The number of hydrogen-bond acceptors (Lipinski definition) is 4. The van der Waals surface area contributed by atoms with Crippen molar-refractivity contribution in [2.24, 2.45) is 0 Å². The van der Waals surface area contributed by atoms with E-state index < -0.39 is 0 Å². The lowest BCUT2D eigenvalue weighted by Gasteiger charge is -2.11. The van der Waals surface area contributed by atoms with Crippen LogP contribution in [0.25, 0.3) is 10.9 Å². The Hall–Kier alpha value is -2.20. The van der Waals surface area contributed by atoms with Crippen LogP contribution in [0.1, 0.15) is 5.56 Å². The number of anilines is 2. The van der Waals surface area contributed by atoms with Crippen LogP contribution in [0.5, 0.6) is 5.75 Å². The molecule has 0 aliphatic rings. The molecule has 21 heavy (non-hydrogen) atoms. The molecule has 3 aromatic rings. The Morgan fingerprint density at radius 2 is 1.95 bits per heavy atom. The largest absolute Gasteiger partial charge is 0.508 e. The van der Waals surface area contributed by atoms with Crippen molar-refractivity contribution in [1.29, 1.82) is 0 Å². The Bertz CT molecular complexity index is 782. The molecular weight excluding hydrogens is 280 g/mol. The van der Waals surface area contributed by atoms with E-state index in [9.17, 15) is 5.11 Å². The minimum Gasteiger partial charge on any atom is -0.508 e. The fraction of sp³-hybridized carbons (Fsp3) is 0.118. The highest BCUT2D eigenvalue weighted by Gasteiger charge is 2.05. The quantitative estimate of drug-likeness (QED) is 0.687. The maximum atomic E-state index is 9.71. The Morgan fingerprint density at radius 3 is 2.71 bits per heavy atom. The van der Waals surface area contributed by atoms with Gasteiger partial charge in [-0.15, -0.1) is 11.8 Å². The van der Waals surface area contributed by atoms with Crippen LogP contribution in [0.2, 0.25) is 0 Å². The van der Waals surface area contributed by atoms with Gasteiger partial charge in [-0.2, -0.15) is 0 Å². The smallest absolute Gasteiger partial charge is 0.117 e. The molecule has 1 aromatic heterocycles. The van der Waals surface area contributed by atoms with E-state index in [1.165, 1.54) is 4.90 Å². The molecule has 2 N–H and O–H groups in total. The molecule has 1 heterocycles. The molecule has 0 spiro atoms. The summed E-state index contributed by atoms with van der Waals surface area (Å²) >= 11 is 1.71. The number of phenolic OH excluding ortho intramolecular Hbond substituents is 1. The maximum Gasteiger partial charge on any atom is 0.117 e. The van der Waals surface area contributed by atoms with E-state index in [1.807, 2.05) is 25.1 Å². The van der Waals surface area contributed by atoms with Crippen LogP contribution in [0.15, 0.2) is 53.6 Å². The summed E-state index contributed by atoms with van der Waals surface area (Å²) in [5, 5.41) is 14.2. The van der Waals surface area contributed by atoms with Gasteiger partial charge in [-0.05, 0) is 55.1 Å². The average Bonchev–Trinajstić information content (AvgIpc) is 2.46. The van der Waals surface area contributed by atoms with Crippen molar-refractivity contribution in [3.8, 4) is 5.75 Å². The number of aryl methyl sites for hydroxylation is 1. The number of thioether (sulfide) groups is 1. The molecule has 0 aliphatic carbocycles. The molecule has 0 unspecified atom stereocenters. The number of nitrogens with zero attached hydrogens (tertiary/aromatic N) is 1. The fourth-order valence-electron chi connectivity index (χ4n) is 2.35. The summed E-state index contributed by atoms with van der Waals surface area (Å²) in [7, 11) is 0. The lowest BCUT2D eigenvalue weighted by molar-refractivity contribution is 0.475. The average molecular weight is 296 g/mol. The standard InChI is InChI=1S/C17H16N2OS/c1-11-7-12(9-13(20)8-11)19-17-5-6-18-16-4-3-14(21-2)10-15(16)17/h3-10,20H,1-2H3,(H,18,19). The third-order valence-corrected chi connectivity index (χ3v) is 4.02. The van der Waals surface area contributed by atoms with Gasteiger partial charge < -0.3 is 10.4 Å². The summed E-state index contributed by atoms with van der Waals surface area (Å²) in [4.78, 5) is 5.60. The zero-order valence-corrected chi connectivity index (χ0v) is 12.7.